The van der Waals surface area contributed by atoms with Crippen LogP contribution in [-0.2, 0) is 13.0 Å². The van der Waals surface area contributed by atoms with Crippen LogP contribution in [0.25, 0.3) is 27.3 Å². The zero-order valence-electron chi connectivity index (χ0n) is 13.4. The largest absolute Gasteiger partial charge is 0.333 e. The third-order valence-corrected chi connectivity index (χ3v) is 6.34. The van der Waals surface area contributed by atoms with E-state index >= 15 is 0 Å². The van der Waals surface area contributed by atoms with Crippen LogP contribution in [0.4, 0.5) is 0 Å². The third-order valence-electron chi connectivity index (χ3n) is 4.65. The molecule has 1 aliphatic rings. The Bertz CT molecular complexity index is 1130. The molecule has 8 heteroatoms. The normalized spacial score (nSPS) is 17.3. The van der Waals surface area contributed by atoms with Gasteiger partial charge in [0.25, 0.3) is 0 Å². The maximum atomic E-state index is 6.33. The van der Waals surface area contributed by atoms with E-state index in [9.17, 15) is 0 Å². The van der Waals surface area contributed by atoms with Gasteiger partial charge in [0.1, 0.15) is 17.7 Å². The monoisotopic (exact) mass is 390 g/mol. The van der Waals surface area contributed by atoms with Gasteiger partial charge in [0.05, 0.1) is 28.9 Å². The van der Waals surface area contributed by atoms with Gasteiger partial charge in [-0.25, -0.2) is 14.5 Å². The van der Waals surface area contributed by atoms with Crippen molar-refractivity contribution in [3.8, 4) is 11.4 Å². The average molecular weight is 391 g/mol. The molecule has 0 spiro atoms. The van der Waals surface area contributed by atoms with Crippen molar-refractivity contribution in [1.82, 2.24) is 19.6 Å². The molecule has 4 aromatic rings. The lowest BCUT2D eigenvalue weighted by molar-refractivity contribution is -0.895. The zero-order chi connectivity index (χ0) is 17.1. The van der Waals surface area contributed by atoms with Crippen LogP contribution in [-0.4, -0.2) is 33.2 Å². The van der Waals surface area contributed by atoms with Crippen LogP contribution in [0, 0.1) is 0 Å². The van der Waals surface area contributed by atoms with Crippen LogP contribution in [0.5, 0.6) is 0 Å². The van der Waals surface area contributed by atoms with Gasteiger partial charge in [-0.05, 0) is 23.8 Å². The van der Waals surface area contributed by atoms with Crippen molar-refractivity contribution in [2.45, 2.75) is 13.0 Å². The van der Waals surface area contributed by atoms with E-state index in [-0.39, 0.29) is 0 Å². The number of rotatable bonds is 1. The second kappa shape index (κ2) is 5.64. The summed E-state index contributed by atoms with van der Waals surface area (Å²) >= 11 is 14.1. The smallest absolute Gasteiger partial charge is 0.183 e. The summed E-state index contributed by atoms with van der Waals surface area (Å²) in [5.41, 5.74) is 3.00. The van der Waals surface area contributed by atoms with Crippen molar-refractivity contribution in [1.29, 1.82) is 0 Å². The van der Waals surface area contributed by atoms with Gasteiger partial charge in [0.15, 0.2) is 11.5 Å². The van der Waals surface area contributed by atoms with Crippen molar-refractivity contribution < 1.29 is 4.90 Å². The summed E-state index contributed by atoms with van der Waals surface area (Å²) in [5, 5.41) is 6.86. The second-order valence-electron chi connectivity index (χ2n) is 6.39. The Morgan fingerprint density at radius 1 is 1.28 bits per heavy atom. The predicted molar refractivity (Wildman–Crippen MR) is 101 cm³/mol. The number of nitrogens with one attached hydrogen (secondary N) is 1. The van der Waals surface area contributed by atoms with Crippen LogP contribution in [0.15, 0.2) is 24.5 Å². The molecule has 0 aliphatic carbocycles. The van der Waals surface area contributed by atoms with Gasteiger partial charge >= 0.3 is 0 Å². The molecule has 0 radical (unpaired) electrons. The number of nitrogens with zero attached hydrogens (tertiary/aromatic N) is 4. The quantitative estimate of drug-likeness (QED) is 0.543. The first-order chi connectivity index (χ1) is 12.1. The lowest BCUT2D eigenvalue weighted by atomic mass is 10.1. The summed E-state index contributed by atoms with van der Waals surface area (Å²) < 4.78 is 1.75. The van der Waals surface area contributed by atoms with Crippen molar-refractivity contribution >= 4 is 50.4 Å². The molecule has 0 fully saturated rings. The van der Waals surface area contributed by atoms with E-state index in [1.807, 2.05) is 6.07 Å². The molecular weight excluding hydrogens is 377 g/mol. The summed E-state index contributed by atoms with van der Waals surface area (Å²) in [6.45, 7) is 2.18. The van der Waals surface area contributed by atoms with E-state index in [1.165, 1.54) is 15.3 Å². The van der Waals surface area contributed by atoms with E-state index in [2.05, 4.69) is 17.1 Å². The first-order valence-electron chi connectivity index (χ1n) is 8.02. The van der Waals surface area contributed by atoms with Gasteiger partial charge in [-0.3, -0.25) is 0 Å². The van der Waals surface area contributed by atoms with E-state index in [1.54, 1.807) is 34.3 Å². The Labute approximate surface area is 157 Å². The van der Waals surface area contributed by atoms with Gasteiger partial charge in [0.2, 0.25) is 0 Å². The molecule has 25 heavy (non-hydrogen) atoms. The van der Waals surface area contributed by atoms with Crippen LogP contribution in [0.1, 0.15) is 10.4 Å². The van der Waals surface area contributed by atoms with E-state index in [4.69, 9.17) is 28.2 Å². The summed E-state index contributed by atoms with van der Waals surface area (Å²) in [5.74, 6) is 0.592. The molecule has 0 saturated carbocycles. The highest BCUT2D eigenvalue weighted by Gasteiger charge is 2.25. The number of fused-ring (bicyclic) bond motifs is 5. The number of aromatic nitrogens is 4. The molecule has 0 saturated heterocycles. The van der Waals surface area contributed by atoms with Crippen molar-refractivity contribution in [2.75, 3.05) is 13.6 Å². The Morgan fingerprint density at radius 3 is 3.00 bits per heavy atom. The SMILES string of the molecule is C[NH+]1CCc2c(sc3ncn4nc(-c5ccc(Cl)cc5Cl)nc4c23)C1. The van der Waals surface area contributed by atoms with Gasteiger partial charge < -0.3 is 4.90 Å². The van der Waals surface area contributed by atoms with Crippen molar-refractivity contribution in [2.24, 2.45) is 0 Å². The number of likely N-dealkylation sites (N-methyl/N-ethyl adjacent to an activating group) is 1. The number of benzene rings is 1. The molecule has 0 bridgehead atoms. The molecule has 5 nitrogen and oxygen atoms in total. The standard InChI is InChI=1S/C17H13Cl2N5S/c1-23-5-4-11-13(7-23)25-17-14(11)16-21-15(22-24(16)8-20-17)10-3-2-9(18)6-12(10)19/h2-3,6,8H,4-5,7H2,1H3/p+1. The third kappa shape index (κ3) is 2.44. The summed E-state index contributed by atoms with van der Waals surface area (Å²) in [6, 6.07) is 5.36. The fraction of sp³-hybridized carbons (Fsp3) is 0.235. The highest BCUT2D eigenvalue weighted by atomic mass is 35.5. The maximum Gasteiger partial charge on any atom is 0.183 e. The van der Waals surface area contributed by atoms with Gasteiger partial charge in [0, 0.05) is 17.0 Å². The number of hydrogen-bond donors (Lipinski definition) is 1. The molecule has 3 aromatic heterocycles. The van der Waals surface area contributed by atoms with Crippen LogP contribution >= 0.6 is 34.5 Å². The lowest BCUT2D eigenvalue weighted by Gasteiger charge is -2.19. The van der Waals surface area contributed by atoms with E-state index in [0.29, 0.717) is 15.9 Å². The van der Waals surface area contributed by atoms with Crippen LogP contribution in [0.3, 0.4) is 0 Å². The molecular formula is C17H14Cl2N5S+. The molecule has 1 aliphatic heterocycles. The first-order valence-corrected chi connectivity index (χ1v) is 9.60. The highest BCUT2D eigenvalue weighted by Crippen LogP contribution is 2.35. The van der Waals surface area contributed by atoms with Crippen LogP contribution in [0.2, 0.25) is 10.0 Å². The highest BCUT2D eigenvalue weighted by molar-refractivity contribution is 7.19. The van der Waals surface area contributed by atoms with Gasteiger partial charge in [-0.2, -0.15) is 0 Å². The minimum atomic E-state index is 0.546. The lowest BCUT2D eigenvalue weighted by Crippen LogP contribution is -3.08. The summed E-state index contributed by atoms with van der Waals surface area (Å²) in [7, 11) is 2.23. The molecule has 4 heterocycles. The fourth-order valence-electron chi connectivity index (χ4n) is 3.39. The zero-order valence-corrected chi connectivity index (χ0v) is 15.7. The average Bonchev–Trinajstić information content (AvgIpc) is 3.14. The minimum absolute atomic E-state index is 0.546. The van der Waals surface area contributed by atoms with Crippen molar-refractivity contribution in [3.05, 3.63) is 45.0 Å². The number of quaternary nitrogens is 1. The Balaban J connectivity index is 1.75. The second-order valence-corrected chi connectivity index (χ2v) is 8.32. The van der Waals surface area contributed by atoms with Gasteiger partial charge in [-0.15, -0.1) is 16.4 Å². The Kier molecular flexibility index (Phi) is 3.50. The Morgan fingerprint density at radius 2 is 2.16 bits per heavy atom. The molecule has 1 atom stereocenters. The molecule has 1 N–H and O–H groups in total. The molecule has 1 unspecified atom stereocenters. The van der Waals surface area contributed by atoms with Gasteiger partial charge in [-0.1, -0.05) is 23.2 Å². The maximum absolute atomic E-state index is 6.33. The number of thiophene rings is 1. The van der Waals surface area contributed by atoms with Crippen LogP contribution < -0.4 is 4.90 Å². The first kappa shape index (κ1) is 15.5. The number of hydrogen-bond acceptors (Lipinski definition) is 4. The summed E-state index contributed by atoms with van der Waals surface area (Å²) in [6.07, 6.45) is 2.78. The molecule has 0 amide bonds. The summed E-state index contributed by atoms with van der Waals surface area (Å²) in [4.78, 5) is 13.4. The molecule has 5 rings (SSSR count). The van der Waals surface area contributed by atoms with E-state index in [0.717, 1.165) is 40.9 Å². The minimum Gasteiger partial charge on any atom is -0.333 e. The fourth-order valence-corrected chi connectivity index (χ4v) is 5.18. The Hall–Kier alpha value is -1.73. The van der Waals surface area contributed by atoms with Crippen molar-refractivity contribution in [3.63, 3.8) is 0 Å². The molecule has 126 valence electrons. The number of halogens is 2. The predicted octanol–water partition coefficient (Wildman–Crippen LogP) is 2.88. The van der Waals surface area contributed by atoms with E-state index < -0.39 is 0 Å². The topological polar surface area (TPSA) is 47.5 Å². The molecule has 1 aromatic carbocycles.